The van der Waals surface area contributed by atoms with Crippen molar-refractivity contribution in [3.8, 4) is 5.75 Å². The van der Waals surface area contributed by atoms with Crippen LogP contribution < -0.4 is 10.1 Å². The summed E-state index contributed by atoms with van der Waals surface area (Å²) in [5, 5.41) is 16.1. The molecule has 0 aliphatic carbocycles. The van der Waals surface area contributed by atoms with Crippen molar-refractivity contribution in [1.82, 2.24) is 10.3 Å². The summed E-state index contributed by atoms with van der Waals surface area (Å²) in [6, 6.07) is 22.8. The number of nitrogens with one attached hydrogen (secondary N) is 2. The van der Waals surface area contributed by atoms with Gasteiger partial charge in [-0.15, -0.1) is 0 Å². The van der Waals surface area contributed by atoms with E-state index in [0.29, 0.717) is 12.2 Å². The van der Waals surface area contributed by atoms with Crippen LogP contribution in [0, 0.1) is 10.1 Å². The van der Waals surface area contributed by atoms with Crippen LogP contribution in [-0.2, 0) is 13.0 Å². The Bertz CT molecular complexity index is 1220. The number of benzene rings is 3. The number of nitro groups is 1. The molecule has 150 valence electrons. The first-order chi connectivity index (χ1) is 14.7. The molecule has 2 heterocycles. The highest BCUT2D eigenvalue weighted by molar-refractivity contribution is 5.87. The van der Waals surface area contributed by atoms with Crippen molar-refractivity contribution in [1.29, 1.82) is 0 Å². The van der Waals surface area contributed by atoms with Crippen LogP contribution in [0.5, 0.6) is 5.75 Å². The molecule has 6 heteroatoms. The summed E-state index contributed by atoms with van der Waals surface area (Å²) in [7, 11) is 0. The fourth-order valence-corrected chi connectivity index (χ4v) is 4.20. The van der Waals surface area contributed by atoms with E-state index in [0.717, 1.165) is 40.9 Å². The lowest BCUT2D eigenvalue weighted by Gasteiger charge is -2.24. The van der Waals surface area contributed by atoms with Crippen molar-refractivity contribution in [2.45, 2.75) is 19.1 Å². The van der Waals surface area contributed by atoms with E-state index in [-0.39, 0.29) is 16.7 Å². The molecular formula is C24H21N3O3. The molecule has 0 saturated carbocycles. The highest BCUT2D eigenvalue weighted by Crippen LogP contribution is 2.37. The molecule has 0 spiro atoms. The van der Waals surface area contributed by atoms with Gasteiger partial charge in [-0.05, 0) is 35.7 Å². The second-order valence-corrected chi connectivity index (χ2v) is 7.45. The van der Waals surface area contributed by atoms with E-state index < -0.39 is 0 Å². The maximum absolute atomic E-state index is 11.5. The lowest BCUT2D eigenvalue weighted by molar-refractivity contribution is -0.385. The van der Waals surface area contributed by atoms with Gasteiger partial charge in [0, 0.05) is 29.2 Å². The molecule has 6 nitrogen and oxygen atoms in total. The molecule has 1 unspecified atom stereocenters. The molecule has 2 N–H and O–H groups in total. The fraction of sp³-hybridized carbons (Fsp3) is 0.167. The van der Waals surface area contributed by atoms with Crippen LogP contribution in [0.25, 0.3) is 10.9 Å². The second-order valence-electron chi connectivity index (χ2n) is 7.45. The Labute approximate surface area is 173 Å². The van der Waals surface area contributed by atoms with Gasteiger partial charge in [-0.1, -0.05) is 48.5 Å². The van der Waals surface area contributed by atoms with Gasteiger partial charge in [0.05, 0.1) is 16.5 Å². The van der Waals surface area contributed by atoms with Gasteiger partial charge in [0.15, 0.2) is 0 Å². The lowest BCUT2D eigenvalue weighted by Crippen LogP contribution is -2.30. The Kier molecular flexibility index (Phi) is 4.69. The zero-order chi connectivity index (χ0) is 20.5. The number of hydrogen-bond acceptors (Lipinski definition) is 4. The molecule has 1 aliphatic rings. The molecule has 0 bridgehead atoms. The zero-order valence-corrected chi connectivity index (χ0v) is 16.3. The van der Waals surface area contributed by atoms with Crippen LogP contribution >= 0.6 is 0 Å². The molecule has 0 saturated heterocycles. The van der Waals surface area contributed by atoms with Gasteiger partial charge in [-0.3, -0.25) is 10.1 Å². The molecule has 1 aromatic heterocycles. The third-order valence-corrected chi connectivity index (χ3v) is 5.62. The minimum atomic E-state index is -0.316. The smallest absolute Gasteiger partial charge is 0.274 e. The molecule has 0 fully saturated rings. The third kappa shape index (κ3) is 3.31. The standard InChI is InChI=1S/C24H21N3O3/c28-27(29)22-9-5-4-8-19(22)23-24-18(12-13-25-23)20-14-17(10-11-21(20)26-24)30-15-16-6-2-1-3-7-16/h1-11,14,23,25-26H,12-13,15H2. The van der Waals surface area contributed by atoms with Crippen LogP contribution in [0.15, 0.2) is 72.8 Å². The molecule has 0 radical (unpaired) electrons. The minimum Gasteiger partial charge on any atom is -0.489 e. The zero-order valence-electron chi connectivity index (χ0n) is 16.3. The van der Waals surface area contributed by atoms with Crippen LogP contribution in [-0.4, -0.2) is 16.5 Å². The summed E-state index contributed by atoms with van der Waals surface area (Å²) in [6.45, 7) is 1.27. The van der Waals surface area contributed by atoms with Crippen LogP contribution in [0.4, 0.5) is 5.69 Å². The Hall–Kier alpha value is -3.64. The van der Waals surface area contributed by atoms with E-state index in [1.165, 1.54) is 5.56 Å². The number of H-pyrrole nitrogens is 1. The van der Waals surface area contributed by atoms with Gasteiger partial charge < -0.3 is 15.0 Å². The molecular weight excluding hydrogens is 378 g/mol. The maximum atomic E-state index is 11.5. The quantitative estimate of drug-likeness (QED) is 0.370. The highest BCUT2D eigenvalue weighted by atomic mass is 16.6. The lowest BCUT2D eigenvalue weighted by atomic mass is 9.93. The summed E-state index contributed by atoms with van der Waals surface area (Å²) in [4.78, 5) is 14.7. The van der Waals surface area contributed by atoms with Crippen molar-refractivity contribution in [3.63, 3.8) is 0 Å². The van der Waals surface area contributed by atoms with Crippen molar-refractivity contribution in [2.24, 2.45) is 0 Å². The van der Waals surface area contributed by atoms with E-state index in [4.69, 9.17) is 4.74 Å². The van der Waals surface area contributed by atoms with Gasteiger partial charge >= 0.3 is 0 Å². The number of nitro benzene ring substituents is 1. The first-order valence-electron chi connectivity index (χ1n) is 9.98. The predicted molar refractivity (Wildman–Crippen MR) is 116 cm³/mol. The minimum absolute atomic E-state index is 0.133. The Morgan fingerprint density at radius 2 is 1.83 bits per heavy atom. The van der Waals surface area contributed by atoms with E-state index in [2.05, 4.69) is 16.4 Å². The molecule has 0 amide bonds. The van der Waals surface area contributed by atoms with E-state index >= 15 is 0 Å². The number of hydrogen-bond donors (Lipinski definition) is 2. The highest BCUT2D eigenvalue weighted by Gasteiger charge is 2.29. The number of aromatic amines is 1. The largest absolute Gasteiger partial charge is 0.489 e. The summed E-state index contributed by atoms with van der Waals surface area (Å²) < 4.78 is 6.00. The van der Waals surface area contributed by atoms with Gasteiger partial charge in [0.2, 0.25) is 0 Å². The molecule has 1 aliphatic heterocycles. The number of fused-ring (bicyclic) bond motifs is 3. The van der Waals surface area contributed by atoms with E-state index in [9.17, 15) is 10.1 Å². The third-order valence-electron chi connectivity index (χ3n) is 5.62. The van der Waals surface area contributed by atoms with Crippen LogP contribution in [0.1, 0.15) is 28.4 Å². The summed E-state index contributed by atoms with van der Waals surface area (Å²) >= 11 is 0. The first kappa shape index (κ1) is 18.4. The average Bonchev–Trinajstić information content (AvgIpc) is 3.16. The topological polar surface area (TPSA) is 80.2 Å². The number of aromatic nitrogens is 1. The number of ether oxygens (including phenoxy) is 1. The van der Waals surface area contributed by atoms with E-state index in [1.54, 1.807) is 12.1 Å². The van der Waals surface area contributed by atoms with E-state index in [1.807, 2.05) is 54.6 Å². The normalized spacial score (nSPS) is 15.7. The van der Waals surface area contributed by atoms with Gasteiger partial charge in [0.25, 0.3) is 5.69 Å². The van der Waals surface area contributed by atoms with Gasteiger partial charge in [-0.25, -0.2) is 0 Å². The van der Waals surface area contributed by atoms with Crippen molar-refractivity contribution >= 4 is 16.6 Å². The summed E-state index contributed by atoms with van der Waals surface area (Å²) in [5.74, 6) is 0.814. The fourth-order valence-electron chi connectivity index (χ4n) is 4.20. The van der Waals surface area contributed by atoms with Crippen molar-refractivity contribution < 1.29 is 9.66 Å². The number of rotatable bonds is 5. The first-order valence-corrected chi connectivity index (χ1v) is 9.98. The number of para-hydroxylation sites is 1. The second kappa shape index (κ2) is 7.65. The van der Waals surface area contributed by atoms with Crippen molar-refractivity contribution in [2.75, 3.05) is 6.54 Å². The van der Waals surface area contributed by atoms with Crippen molar-refractivity contribution in [3.05, 3.63) is 105 Å². The summed E-state index contributed by atoms with van der Waals surface area (Å²) in [5.41, 5.74) is 5.13. The monoisotopic (exact) mass is 399 g/mol. The predicted octanol–water partition coefficient (Wildman–Crippen LogP) is 4.89. The molecule has 3 aromatic carbocycles. The SMILES string of the molecule is O=[N+]([O-])c1ccccc1C1NCCc2c1[nH]c1ccc(OCc3ccccc3)cc21. The maximum Gasteiger partial charge on any atom is 0.274 e. The van der Waals surface area contributed by atoms with Gasteiger partial charge in [0.1, 0.15) is 12.4 Å². The van der Waals surface area contributed by atoms with Crippen LogP contribution in [0.3, 0.4) is 0 Å². The molecule has 4 aromatic rings. The molecule has 30 heavy (non-hydrogen) atoms. The molecule has 5 rings (SSSR count). The Morgan fingerprint density at radius 1 is 1.03 bits per heavy atom. The Balaban J connectivity index is 1.50. The van der Waals surface area contributed by atoms with Gasteiger partial charge in [-0.2, -0.15) is 0 Å². The summed E-state index contributed by atoms with van der Waals surface area (Å²) in [6.07, 6.45) is 0.856. The molecule has 1 atom stereocenters. The average molecular weight is 399 g/mol. The van der Waals surface area contributed by atoms with Crippen LogP contribution in [0.2, 0.25) is 0 Å². The number of nitrogens with zero attached hydrogens (tertiary/aromatic N) is 1. The Morgan fingerprint density at radius 3 is 2.67 bits per heavy atom.